The Morgan fingerprint density at radius 2 is 2.26 bits per heavy atom. The summed E-state index contributed by atoms with van der Waals surface area (Å²) in [6.07, 6.45) is 10.0. The molecule has 3 atom stereocenters. The minimum absolute atomic E-state index is 0.421. The van der Waals surface area contributed by atoms with Gasteiger partial charge in [0.1, 0.15) is 5.76 Å². The number of furan rings is 1. The van der Waals surface area contributed by atoms with E-state index in [0.717, 1.165) is 11.7 Å². The van der Waals surface area contributed by atoms with Crippen molar-refractivity contribution in [2.24, 2.45) is 17.8 Å². The molecule has 1 aliphatic rings. The predicted molar refractivity (Wildman–Crippen MR) is 78.8 cm³/mol. The minimum Gasteiger partial charge on any atom is -0.465 e. The summed E-state index contributed by atoms with van der Waals surface area (Å²) < 4.78 is 11.4. The van der Waals surface area contributed by atoms with Gasteiger partial charge in [-0.3, -0.25) is 0 Å². The van der Waals surface area contributed by atoms with E-state index in [4.69, 9.17) is 9.15 Å². The van der Waals surface area contributed by atoms with Crippen molar-refractivity contribution in [2.45, 2.75) is 46.1 Å². The Morgan fingerprint density at radius 1 is 1.42 bits per heavy atom. The van der Waals surface area contributed by atoms with Crippen molar-refractivity contribution >= 4 is 6.08 Å². The first kappa shape index (κ1) is 14.4. The zero-order valence-corrected chi connectivity index (χ0v) is 12.3. The number of hydrogen-bond donors (Lipinski definition) is 0. The third kappa shape index (κ3) is 4.24. The van der Waals surface area contributed by atoms with Crippen LogP contribution in [0.2, 0.25) is 0 Å². The lowest BCUT2D eigenvalue weighted by atomic mass is 9.75. The monoisotopic (exact) mass is 262 g/mol. The number of ether oxygens (including phenoxy) is 1. The number of hydrogen-bond acceptors (Lipinski definition) is 2. The predicted octanol–water partition coefficient (Wildman–Crippen LogP) is 4.77. The van der Waals surface area contributed by atoms with E-state index >= 15 is 0 Å². The van der Waals surface area contributed by atoms with Crippen molar-refractivity contribution in [3.05, 3.63) is 30.2 Å². The highest BCUT2D eigenvalue weighted by molar-refractivity contribution is 5.41. The molecular weight excluding hydrogens is 236 g/mol. The molecule has 1 aliphatic carbocycles. The van der Waals surface area contributed by atoms with E-state index in [1.54, 1.807) is 6.26 Å². The molecule has 0 radical (unpaired) electrons. The first-order valence-electron chi connectivity index (χ1n) is 7.48. The van der Waals surface area contributed by atoms with Crippen LogP contribution in [0.1, 0.15) is 45.8 Å². The summed E-state index contributed by atoms with van der Waals surface area (Å²) in [4.78, 5) is 0. The summed E-state index contributed by atoms with van der Waals surface area (Å²) in [5, 5.41) is 0. The van der Waals surface area contributed by atoms with Gasteiger partial charge in [0.2, 0.25) is 0 Å². The third-order valence-electron chi connectivity index (χ3n) is 4.19. The van der Waals surface area contributed by atoms with E-state index in [-0.39, 0.29) is 0 Å². The Kier molecular flexibility index (Phi) is 5.26. The van der Waals surface area contributed by atoms with Gasteiger partial charge >= 0.3 is 0 Å². The van der Waals surface area contributed by atoms with Gasteiger partial charge in [-0.25, -0.2) is 0 Å². The molecule has 1 aromatic heterocycles. The Balaban J connectivity index is 1.82. The first-order valence-corrected chi connectivity index (χ1v) is 7.48. The highest BCUT2D eigenvalue weighted by Gasteiger charge is 2.30. The van der Waals surface area contributed by atoms with Crippen molar-refractivity contribution in [3.63, 3.8) is 0 Å². The molecule has 0 bridgehead atoms. The fourth-order valence-corrected chi connectivity index (χ4v) is 3.04. The lowest BCUT2D eigenvalue weighted by molar-refractivity contribution is -0.0260. The molecule has 0 aromatic carbocycles. The van der Waals surface area contributed by atoms with Crippen molar-refractivity contribution < 1.29 is 9.15 Å². The van der Waals surface area contributed by atoms with Crippen molar-refractivity contribution in [3.8, 4) is 0 Å². The van der Waals surface area contributed by atoms with Crippen LogP contribution in [-0.4, -0.2) is 12.7 Å². The second-order valence-electron chi connectivity index (χ2n) is 6.12. The average molecular weight is 262 g/mol. The molecule has 1 aromatic rings. The average Bonchev–Trinajstić information content (AvgIpc) is 2.87. The Labute approximate surface area is 116 Å². The summed E-state index contributed by atoms with van der Waals surface area (Å²) in [5.74, 6) is 3.12. The standard InChI is InChI=1S/C17H26O2/c1-13(2)16-9-8-14(3)12-17(16)19-11-5-7-15-6-4-10-18-15/h4-7,10,13-14,16-17H,8-9,11-12H2,1-3H3/b7-5+/t14-,16+,17-/m0/s1. The summed E-state index contributed by atoms with van der Waals surface area (Å²) >= 11 is 0. The van der Waals surface area contributed by atoms with Crippen LogP contribution in [-0.2, 0) is 4.74 Å². The SMILES string of the molecule is CC(C)[C@H]1CC[C@H](C)C[C@@H]1OC/C=C/c1ccco1. The summed E-state index contributed by atoms with van der Waals surface area (Å²) in [5.41, 5.74) is 0. The zero-order valence-electron chi connectivity index (χ0n) is 12.3. The lowest BCUT2D eigenvalue weighted by Crippen LogP contribution is -2.34. The fourth-order valence-electron chi connectivity index (χ4n) is 3.04. The van der Waals surface area contributed by atoms with E-state index in [2.05, 4.69) is 26.8 Å². The lowest BCUT2D eigenvalue weighted by Gasteiger charge is -2.37. The van der Waals surface area contributed by atoms with Crippen LogP contribution in [0.25, 0.3) is 6.08 Å². The molecule has 1 heterocycles. The van der Waals surface area contributed by atoms with Crippen LogP contribution < -0.4 is 0 Å². The van der Waals surface area contributed by atoms with Gasteiger partial charge in [-0.2, -0.15) is 0 Å². The maximum atomic E-state index is 6.10. The van der Waals surface area contributed by atoms with Crippen LogP contribution in [0.5, 0.6) is 0 Å². The highest BCUT2D eigenvalue weighted by atomic mass is 16.5. The molecule has 0 N–H and O–H groups in total. The van der Waals surface area contributed by atoms with Crippen LogP contribution >= 0.6 is 0 Å². The summed E-state index contributed by atoms with van der Waals surface area (Å²) in [7, 11) is 0. The molecular formula is C17H26O2. The molecule has 0 aliphatic heterocycles. The summed E-state index contributed by atoms with van der Waals surface area (Å²) in [6, 6.07) is 3.86. The van der Waals surface area contributed by atoms with Gasteiger partial charge in [-0.05, 0) is 48.8 Å². The van der Waals surface area contributed by atoms with Gasteiger partial charge < -0.3 is 9.15 Å². The van der Waals surface area contributed by atoms with E-state index in [1.807, 2.05) is 18.2 Å². The summed E-state index contributed by atoms with van der Waals surface area (Å²) in [6.45, 7) is 7.65. The largest absolute Gasteiger partial charge is 0.465 e. The topological polar surface area (TPSA) is 22.4 Å². The molecule has 2 heteroatoms. The van der Waals surface area contributed by atoms with Gasteiger partial charge in [-0.1, -0.05) is 33.3 Å². The van der Waals surface area contributed by atoms with Crippen LogP contribution in [0.4, 0.5) is 0 Å². The zero-order chi connectivity index (χ0) is 13.7. The fraction of sp³-hybridized carbons (Fsp3) is 0.647. The smallest absolute Gasteiger partial charge is 0.126 e. The molecule has 19 heavy (non-hydrogen) atoms. The molecule has 1 saturated carbocycles. The molecule has 2 rings (SSSR count). The third-order valence-corrected chi connectivity index (χ3v) is 4.19. The van der Waals surface area contributed by atoms with E-state index < -0.39 is 0 Å². The van der Waals surface area contributed by atoms with E-state index in [0.29, 0.717) is 24.5 Å². The van der Waals surface area contributed by atoms with Gasteiger partial charge in [0, 0.05) is 0 Å². The Bertz CT molecular complexity index is 378. The molecule has 0 unspecified atom stereocenters. The van der Waals surface area contributed by atoms with E-state index in [1.165, 1.54) is 19.3 Å². The molecule has 106 valence electrons. The van der Waals surface area contributed by atoms with Crippen LogP contribution in [0, 0.1) is 17.8 Å². The number of rotatable bonds is 5. The van der Waals surface area contributed by atoms with Crippen molar-refractivity contribution in [2.75, 3.05) is 6.61 Å². The quantitative estimate of drug-likeness (QED) is 0.762. The normalized spacial score (nSPS) is 28.3. The van der Waals surface area contributed by atoms with Crippen LogP contribution in [0.3, 0.4) is 0 Å². The minimum atomic E-state index is 0.421. The van der Waals surface area contributed by atoms with Crippen molar-refractivity contribution in [1.82, 2.24) is 0 Å². The Morgan fingerprint density at radius 3 is 2.95 bits per heavy atom. The second-order valence-corrected chi connectivity index (χ2v) is 6.12. The van der Waals surface area contributed by atoms with E-state index in [9.17, 15) is 0 Å². The highest BCUT2D eigenvalue weighted by Crippen LogP contribution is 2.35. The second kappa shape index (κ2) is 6.95. The molecule has 1 fully saturated rings. The molecule has 0 amide bonds. The molecule has 0 spiro atoms. The van der Waals surface area contributed by atoms with Crippen molar-refractivity contribution in [1.29, 1.82) is 0 Å². The van der Waals surface area contributed by atoms with Gasteiger partial charge in [-0.15, -0.1) is 0 Å². The van der Waals surface area contributed by atoms with Gasteiger partial charge in [0.15, 0.2) is 0 Å². The van der Waals surface area contributed by atoms with Gasteiger partial charge in [0.05, 0.1) is 19.0 Å². The maximum Gasteiger partial charge on any atom is 0.126 e. The van der Waals surface area contributed by atoms with Gasteiger partial charge in [0.25, 0.3) is 0 Å². The first-order chi connectivity index (χ1) is 9.16. The molecule has 2 nitrogen and oxygen atoms in total. The Hall–Kier alpha value is -1.02. The molecule has 0 saturated heterocycles. The van der Waals surface area contributed by atoms with Crippen LogP contribution in [0.15, 0.2) is 28.9 Å². The maximum absolute atomic E-state index is 6.10.